The van der Waals surface area contributed by atoms with Crippen LogP contribution in [0.1, 0.15) is 32.3 Å². The van der Waals surface area contributed by atoms with Crippen LogP contribution in [0, 0.1) is 5.92 Å². The van der Waals surface area contributed by atoms with Crippen molar-refractivity contribution in [1.29, 1.82) is 0 Å². The van der Waals surface area contributed by atoms with Crippen molar-refractivity contribution in [3.05, 3.63) is 29.8 Å². The molecule has 4 amide bonds. The number of hydrogen-bond donors (Lipinski definition) is 8. The molecule has 1 aromatic rings. The molecule has 194 valence electrons. The highest BCUT2D eigenvalue weighted by Gasteiger charge is 2.31. The smallest absolute Gasteiger partial charge is 0.328 e. The van der Waals surface area contributed by atoms with Crippen LogP contribution in [0.5, 0.6) is 5.75 Å². The molecule has 10 N–H and O–H groups in total. The quantitative estimate of drug-likeness (QED) is 0.138. The summed E-state index contributed by atoms with van der Waals surface area (Å²) in [6, 6.07) is 0.662. The molecule has 13 nitrogen and oxygen atoms in total. The maximum absolute atomic E-state index is 12.9. The molecule has 0 aliphatic carbocycles. The average molecular weight is 496 g/mol. The fraction of sp³-hybridized carbons (Fsp3) is 0.500. The molecular weight excluding hydrogens is 462 g/mol. The Balaban J connectivity index is 2.94. The lowest BCUT2D eigenvalue weighted by Gasteiger charge is -2.25. The number of phenolic OH excluding ortho intramolecular Hbond substituents is 1. The van der Waals surface area contributed by atoms with Crippen molar-refractivity contribution in [3.8, 4) is 5.75 Å². The minimum atomic E-state index is -1.58. The first-order valence-corrected chi connectivity index (χ1v) is 10.9. The van der Waals surface area contributed by atoms with Gasteiger partial charge in [-0.05, 0) is 36.5 Å². The average Bonchev–Trinajstić information content (AvgIpc) is 2.76. The number of carbonyl (C=O) groups excluding carboxylic acids is 4. The molecule has 0 bridgehead atoms. The number of aliphatic hydroxyl groups is 1. The van der Waals surface area contributed by atoms with Crippen LogP contribution < -0.4 is 27.4 Å². The SMILES string of the molecule is CC(C)CC(NC(=O)C(CC(N)=O)NC(=O)C(N)Cc1ccc(O)cc1)C(=O)NC(CO)C(=O)O. The third-order valence-electron chi connectivity index (χ3n) is 4.90. The Hall–Kier alpha value is -3.71. The third-order valence-corrected chi connectivity index (χ3v) is 4.90. The van der Waals surface area contributed by atoms with Gasteiger partial charge in [-0.1, -0.05) is 26.0 Å². The zero-order chi connectivity index (χ0) is 26.7. The van der Waals surface area contributed by atoms with Crippen LogP contribution >= 0.6 is 0 Å². The molecule has 1 aromatic carbocycles. The number of nitrogens with one attached hydrogen (secondary N) is 3. The summed E-state index contributed by atoms with van der Waals surface area (Å²) in [5.41, 5.74) is 11.8. The third kappa shape index (κ3) is 10.4. The molecule has 0 spiro atoms. The molecule has 13 heteroatoms. The summed E-state index contributed by atoms with van der Waals surface area (Å²) in [7, 11) is 0. The van der Waals surface area contributed by atoms with E-state index in [1.807, 2.05) is 0 Å². The molecular formula is C22H33N5O8. The summed E-state index contributed by atoms with van der Waals surface area (Å²) < 4.78 is 0. The lowest BCUT2D eigenvalue weighted by Crippen LogP contribution is -2.58. The molecule has 35 heavy (non-hydrogen) atoms. The first-order valence-electron chi connectivity index (χ1n) is 10.9. The molecule has 4 atom stereocenters. The summed E-state index contributed by atoms with van der Waals surface area (Å²) in [5.74, 6) is -4.93. The minimum absolute atomic E-state index is 0.0404. The van der Waals surface area contributed by atoms with E-state index in [-0.39, 0.29) is 24.5 Å². The second-order valence-electron chi connectivity index (χ2n) is 8.48. The van der Waals surface area contributed by atoms with Crippen molar-refractivity contribution >= 4 is 29.6 Å². The monoisotopic (exact) mass is 495 g/mol. The molecule has 0 fully saturated rings. The maximum Gasteiger partial charge on any atom is 0.328 e. The number of carbonyl (C=O) groups is 5. The van der Waals surface area contributed by atoms with Gasteiger partial charge in [-0.15, -0.1) is 0 Å². The Morgan fingerprint density at radius 1 is 0.886 bits per heavy atom. The normalized spacial score (nSPS) is 14.3. The molecule has 4 unspecified atom stereocenters. The lowest BCUT2D eigenvalue weighted by molar-refractivity contribution is -0.143. The number of phenols is 1. The van der Waals surface area contributed by atoms with Crippen LogP contribution in [-0.2, 0) is 30.4 Å². The van der Waals surface area contributed by atoms with Crippen molar-refractivity contribution in [3.63, 3.8) is 0 Å². The van der Waals surface area contributed by atoms with Gasteiger partial charge in [0.1, 0.15) is 23.9 Å². The van der Waals surface area contributed by atoms with E-state index in [9.17, 15) is 29.1 Å². The Kier molecular flexibility index (Phi) is 11.6. The Labute approximate surface area is 202 Å². The maximum atomic E-state index is 12.9. The van der Waals surface area contributed by atoms with Gasteiger partial charge in [0, 0.05) is 0 Å². The molecule has 0 radical (unpaired) electrons. The van der Waals surface area contributed by atoms with Crippen molar-refractivity contribution in [2.24, 2.45) is 17.4 Å². The van der Waals surface area contributed by atoms with E-state index in [2.05, 4.69) is 16.0 Å². The highest BCUT2D eigenvalue weighted by atomic mass is 16.4. The van der Waals surface area contributed by atoms with Crippen molar-refractivity contribution in [1.82, 2.24) is 16.0 Å². The van der Waals surface area contributed by atoms with Crippen LogP contribution in [0.25, 0.3) is 0 Å². The van der Waals surface area contributed by atoms with Gasteiger partial charge in [0.25, 0.3) is 0 Å². The Bertz CT molecular complexity index is 906. The van der Waals surface area contributed by atoms with Gasteiger partial charge >= 0.3 is 5.97 Å². The number of benzene rings is 1. The van der Waals surface area contributed by atoms with Crippen LogP contribution in [0.2, 0.25) is 0 Å². The Morgan fingerprint density at radius 2 is 1.40 bits per heavy atom. The van der Waals surface area contributed by atoms with E-state index in [0.717, 1.165) is 0 Å². The number of aromatic hydroxyl groups is 1. The van der Waals surface area contributed by atoms with Crippen LogP contribution in [-0.4, -0.2) is 75.7 Å². The summed E-state index contributed by atoms with van der Waals surface area (Å²) in [6.45, 7) is 2.67. The summed E-state index contributed by atoms with van der Waals surface area (Å²) in [5, 5.41) is 34.4. The van der Waals surface area contributed by atoms with Crippen molar-refractivity contribution in [2.45, 2.75) is 57.3 Å². The number of amides is 4. The predicted molar refractivity (Wildman–Crippen MR) is 124 cm³/mol. The van der Waals surface area contributed by atoms with Crippen LogP contribution in [0.15, 0.2) is 24.3 Å². The number of primary amides is 1. The topological polar surface area (TPSA) is 234 Å². The van der Waals surface area contributed by atoms with Crippen molar-refractivity contribution < 1.29 is 39.3 Å². The van der Waals surface area contributed by atoms with E-state index < -0.39 is 66.8 Å². The molecule has 0 aliphatic heterocycles. The second-order valence-corrected chi connectivity index (χ2v) is 8.48. The van der Waals surface area contributed by atoms with E-state index in [1.54, 1.807) is 26.0 Å². The van der Waals surface area contributed by atoms with Crippen LogP contribution in [0.3, 0.4) is 0 Å². The van der Waals surface area contributed by atoms with E-state index in [0.29, 0.717) is 5.56 Å². The fourth-order valence-electron chi connectivity index (χ4n) is 3.10. The van der Waals surface area contributed by atoms with Gasteiger partial charge < -0.3 is 42.7 Å². The standard InChI is InChI=1S/C22H33N5O8/c1-11(2)7-15(20(32)27-17(10-28)22(34)35)26-21(33)16(9-18(24)30)25-19(31)14(23)8-12-3-5-13(29)6-4-12/h3-6,11,14-17,28-29H,7-10,23H2,1-2H3,(H2,24,30)(H,25,31)(H,26,33)(H,27,32)(H,34,35). The van der Waals surface area contributed by atoms with Gasteiger partial charge in [-0.2, -0.15) is 0 Å². The molecule has 1 rings (SSSR count). The summed E-state index contributed by atoms with van der Waals surface area (Å²) in [4.78, 5) is 60.6. The van der Waals surface area contributed by atoms with Crippen LogP contribution in [0.4, 0.5) is 0 Å². The number of nitrogens with two attached hydrogens (primary N) is 2. The Morgan fingerprint density at radius 3 is 1.89 bits per heavy atom. The lowest BCUT2D eigenvalue weighted by atomic mass is 10.0. The number of aliphatic hydroxyl groups excluding tert-OH is 1. The van der Waals surface area contributed by atoms with Gasteiger partial charge in [-0.25, -0.2) is 4.79 Å². The molecule has 0 saturated heterocycles. The first kappa shape index (κ1) is 29.3. The van der Waals surface area contributed by atoms with E-state index >= 15 is 0 Å². The van der Waals surface area contributed by atoms with Gasteiger partial charge in [0.2, 0.25) is 23.6 Å². The predicted octanol–water partition coefficient (Wildman–Crippen LogP) is -2.29. The number of aliphatic carboxylic acids is 1. The number of carboxylic acid groups (broad SMARTS) is 1. The van der Waals surface area contributed by atoms with E-state index in [1.165, 1.54) is 12.1 Å². The molecule has 0 saturated carbocycles. The molecule has 0 aliphatic rings. The summed E-state index contributed by atoms with van der Waals surface area (Å²) in [6.07, 6.45) is -0.395. The number of hydrogen-bond acceptors (Lipinski definition) is 8. The highest BCUT2D eigenvalue weighted by Crippen LogP contribution is 2.11. The zero-order valence-electron chi connectivity index (χ0n) is 19.6. The zero-order valence-corrected chi connectivity index (χ0v) is 19.6. The molecule has 0 heterocycles. The van der Waals surface area contributed by atoms with Gasteiger partial charge in [0.15, 0.2) is 0 Å². The minimum Gasteiger partial charge on any atom is -0.508 e. The first-order chi connectivity index (χ1) is 16.3. The second kappa shape index (κ2) is 13.9. The highest BCUT2D eigenvalue weighted by molar-refractivity contribution is 5.96. The van der Waals surface area contributed by atoms with Crippen molar-refractivity contribution in [2.75, 3.05) is 6.61 Å². The van der Waals surface area contributed by atoms with Gasteiger partial charge in [0.05, 0.1) is 19.1 Å². The fourth-order valence-corrected chi connectivity index (χ4v) is 3.10. The molecule has 0 aromatic heterocycles. The summed E-state index contributed by atoms with van der Waals surface area (Å²) >= 11 is 0. The largest absolute Gasteiger partial charge is 0.508 e. The number of carboxylic acids is 1. The number of rotatable bonds is 14. The van der Waals surface area contributed by atoms with Gasteiger partial charge in [-0.3, -0.25) is 19.2 Å². The van der Waals surface area contributed by atoms with E-state index in [4.69, 9.17) is 21.7 Å².